The zero-order chi connectivity index (χ0) is 17.3. The van der Waals surface area contributed by atoms with E-state index in [9.17, 15) is 9.59 Å². The molecule has 1 aliphatic rings. The minimum atomic E-state index is -0.276. The Balaban J connectivity index is 1.95. The highest BCUT2D eigenvalue weighted by atomic mass is 79.9. The van der Waals surface area contributed by atoms with Crippen molar-refractivity contribution in [2.75, 3.05) is 0 Å². The maximum atomic E-state index is 12.7. The van der Waals surface area contributed by atoms with E-state index in [1.54, 1.807) is 16.8 Å². The lowest BCUT2D eigenvalue weighted by Gasteiger charge is -2.26. The predicted octanol–water partition coefficient (Wildman–Crippen LogP) is 3.49. The number of amides is 1. The summed E-state index contributed by atoms with van der Waals surface area (Å²) in [5, 5.41) is 3.83. The molecule has 2 aromatic rings. The van der Waals surface area contributed by atoms with Gasteiger partial charge in [0.25, 0.3) is 11.5 Å². The van der Waals surface area contributed by atoms with E-state index in [0.29, 0.717) is 12.2 Å². The van der Waals surface area contributed by atoms with Crippen LogP contribution in [-0.4, -0.2) is 21.5 Å². The largest absolute Gasteiger partial charge is 0.349 e. The first-order chi connectivity index (χ1) is 11.5. The van der Waals surface area contributed by atoms with Gasteiger partial charge in [0.05, 0.1) is 0 Å². The fourth-order valence-electron chi connectivity index (χ4n) is 3.36. The molecule has 128 valence electrons. The molecule has 0 radical (unpaired) electrons. The van der Waals surface area contributed by atoms with Gasteiger partial charge in [-0.25, -0.2) is 4.98 Å². The van der Waals surface area contributed by atoms with Crippen molar-refractivity contribution in [3.8, 4) is 0 Å². The molecule has 1 fully saturated rings. The number of carbonyl (C=O) groups is 1. The van der Waals surface area contributed by atoms with E-state index in [0.717, 1.165) is 41.5 Å². The fraction of sp³-hybridized carbons (Fsp3) is 0.500. The second-order valence-corrected chi connectivity index (χ2v) is 7.52. The number of fused-ring (bicyclic) bond motifs is 1. The molecule has 24 heavy (non-hydrogen) atoms. The topological polar surface area (TPSA) is 64.0 Å². The van der Waals surface area contributed by atoms with Crippen LogP contribution < -0.4 is 10.9 Å². The van der Waals surface area contributed by atoms with Gasteiger partial charge in [-0.05, 0) is 66.6 Å². The van der Waals surface area contributed by atoms with E-state index in [1.807, 2.05) is 13.0 Å². The molecule has 2 heterocycles. The Morgan fingerprint density at radius 1 is 1.33 bits per heavy atom. The summed E-state index contributed by atoms with van der Waals surface area (Å²) in [7, 11) is 0. The number of halogens is 1. The number of nitrogens with zero attached hydrogens (tertiary/aromatic N) is 2. The minimum Gasteiger partial charge on any atom is -0.349 e. The van der Waals surface area contributed by atoms with Crippen molar-refractivity contribution in [3.05, 3.63) is 38.7 Å². The molecule has 0 aliphatic heterocycles. The number of nitrogens with one attached hydrogen (secondary N) is 1. The normalized spacial score (nSPS) is 21.0. The van der Waals surface area contributed by atoms with E-state index in [4.69, 9.17) is 0 Å². The zero-order valence-corrected chi connectivity index (χ0v) is 15.6. The lowest BCUT2D eigenvalue weighted by Crippen LogP contribution is -2.40. The van der Waals surface area contributed by atoms with E-state index in [1.165, 1.54) is 0 Å². The van der Waals surface area contributed by atoms with E-state index in [-0.39, 0.29) is 23.1 Å². The molecule has 1 saturated carbocycles. The standard InChI is InChI=1S/C18H22BrN3O2/c1-3-22-16-12(8-13(19)10-20-16)9-15(18(22)24)17(23)21-14-6-4-11(2)5-7-14/h8-11,14H,3-7H2,1-2H3,(H,21,23). The van der Waals surface area contributed by atoms with Gasteiger partial charge >= 0.3 is 0 Å². The number of hydrogen-bond acceptors (Lipinski definition) is 3. The van der Waals surface area contributed by atoms with Crippen LogP contribution in [-0.2, 0) is 6.54 Å². The summed E-state index contributed by atoms with van der Waals surface area (Å²) in [6.45, 7) is 4.60. The second kappa shape index (κ2) is 7.05. The second-order valence-electron chi connectivity index (χ2n) is 6.60. The number of carbonyl (C=O) groups excluding carboxylic acids is 1. The van der Waals surface area contributed by atoms with Crippen molar-refractivity contribution in [3.63, 3.8) is 0 Å². The van der Waals surface area contributed by atoms with Crippen LogP contribution in [0.1, 0.15) is 49.9 Å². The smallest absolute Gasteiger partial charge is 0.265 e. The lowest BCUT2D eigenvalue weighted by atomic mass is 9.87. The van der Waals surface area contributed by atoms with Crippen LogP contribution in [0.25, 0.3) is 11.0 Å². The van der Waals surface area contributed by atoms with Crippen LogP contribution in [0.2, 0.25) is 0 Å². The molecule has 0 saturated heterocycles. The number of rotatable bonds is 3. The Kier molecular flexibility index (Phi) is 5.04. The van der Waals surface area contributed by atoms with Crippen molar-refractivity contribution in [1.82, 2.24) is 14.9 Å². The van der Waals surface area contributed by atoms with E-state index < -0.39 is 0 Å². The third kappa shape index (κ3) is 3.38. The summed E-state index contributed by atoms with van der Waals surface area (Å²) in [6.07, 6.45) is 5.87. The highest BCUT2D eigenvalue weighted by Crippen LogP contribution is 2.24. The third-order valence-electron chi connectivity index (χ3n) is 4.80. The third-order valence-corrected chi connectivity index (χ3v) is 5.24. The molecule has 6 heteroatoms. The van der Waals surface area contributed by atoms with E-state index in [2.05, 4.69) is 33.2 Å². The zero-order valence-electron chi connectivity index (χ0n) is 14.0. The first-order valence-electron chi connectivity index (χ1n) is 8.49. The summed E-state index contributed by atoms with van der Waals surface area (Å²) in [5.41, 5.74) is 0.526. The van der Waals surface area contributed by atoms with Crippen LogP contribution in [0.3, 0.4) is 0 Å². The molecular weight excluding hydrogens is 370 g/mol. The van der Waals surface area contributed by atoms with Crippen molar-refractivity contribution >= 4 is 32.9 Å². The Morgan fingerprint density at radius 2 is 2.04 bits per heavy atom. The van der Waals surface area contributed by atoms with Gasteiger partial charge in [-0.15, -0.1) is 0 Å². The van der Waals surface area contributed by atoms with Gasteiger partial charge in [0, 0.05) is 28.6 Å². The van der Waals surface area contributed by atoms with Crippen molar-refractivity contribution in [2.45, 2.75) is 52.1 Å². The van der Waals surface area contributed by atoms with Gasteiger partial charge in [0.1, 0.15) is 11.2 Å². The summed E-state index contributed by atoms with van der Waals surface area (Å²) in [5.74, 6) is 0.447. The van der Waals surface area contributed by atoms with Crippen LogP contribution >= 0.6 is 15.9 Å². The Bertz CT molecular complexity index is 823. The molecule has 0 atom stereocenters. The molecule has 1 N–H and O–H groups in total. The molecule has 2 aromatic heterocycles. The van der Waals surface area contributed by atoms with Crippen molar-refractivity contribution in [1.29, 1.82) is 0 Å². The highest BCUT2D eigenvalue weighted by Gasteiger charge is 2.22. The predicted molar refractivity (Wildman–Crippen MR) is 98.3 cm³/mol. The molecular formula is C18H22BrN3O2. The van der Waals surface area contributed by atoms with Gasteiger partial charge in [0.2, 0.25) is 0 Å². The highest BCUT2D eigenvalue weighted by molar-refractivity contribution is 9.10. The molecule has 0 spiro atoms. The first-order valence-corrected chi connectivity index (χ1v) is 9.28. The lowest BCUT2D eigenvalue weighted by molar-refractivity contribution is 0.0921. The SMILES string of the molecule is CCn1c(=O)c(C(=O)NC2CCC(C)CC2)cc2cc(Br)cnc21. The number of hydrogen-bond donors (Lipinski definition) is 1. The maximum Gasteiger partial charge on any atom is 0.265 e. The Hall–Kier alpha value is -1.69. The minimum absolute atomic E-state index is 0.166. The quantitative estimate of drug-likeness (QED) is 0.870. The average Bonchev–Trinajstić information content (AvgIpc) is 2.56. The van der Waals surface area contributed by atoms with Crippen molar-refractivity contribution in [2.24, 2.45) is 5.92 Å². The van der Waals surface area contributed by atoms with Crippen molar-refractivity contribution < 1.29 is 4.79 Å². The number of pyridine rings is 2. The van der Waals surface area contributed by atoms with Gasteiger partial charge in [-0.1, -0.05) is 6.92 Å². The molecule has 0 unspecified atom stereocenters. The molecule has 0 bridgehead atoms. The van der Waals surface area contributed by atoms with Crippen LogP contribution in [0.15, 0.2) is 27.6 Å². The summed E-state index contributed by atoms with van der Waals surface area (Å²) in [4.78, 5) is 29.7. The van der Waals surface area contributed by atoms with Crippen LogP contribution in [0.4, 0.5) is 0 Å². The first kappa shape index (κ1) is 17.1. The molecule has 1 aliphatic carbocycles. The fourth-order valence-corrected chi connectivity index (χ4v) is 3.71. The summed E-state index contributed by atoms with van der Waals surface area (Å²) >= 11 is 3.39. The molecule has 0 aromatic carbocycles. The molecule has 3 rings (SSSR count). The Labute approximate surface area is 149 Å². The van der Waals surface area contributed by atoms with Gasteiger partial charge in [-0.2, -0.15) is 0 Å². The monoisotopic (exact) mass is 391 g/mol. The van der Waals surface area contributed by atoms with Crippen LogP contribution in [0.5, 0.6) is 0 Å². The molecule has 5 nitrogen and oxygen atoms in total. The van der Waals surface area contributed by atoms with Gasteiger partial charge < -0.3 is 5.32 Å². The molecule has 1 amide bonds. The van der Waals surface area contributed by atoms with Gasteiger partial charge in [0.15, 0.2) is 0 Å². The number of aromatic nitrogens is 2. The van der Waals surface area contributed by atoms with Crippen LogP contribution in [0, 0.1) is 5.92 Å². The number of aryl methyl sites for hydroxylation is 1. The Morgan fingerprint density at radius 3 is 2.71 bits per heavy atom. The van der Waals surface area contributed by atoms with Gasteiger partial charge in [-0.3, -0.25) is 14.2 Å². The summed E-state index contributed by atoms with van der Waals surface area (Å²) in [6, 6.07) is 3.70. The van der Waals surface area contributed by atoms with E-state index >= 15 is 0 Å². The summed E-state index contributed by atoms with van der Waals surface area (Å²) < 4.78 is 2.38. The maximum absolute atomic E-state index is 12.7. The average molecular weight is 392 g/mol.